The molecule has 0 fully saturated rings. The molecule has 0 aliphatic carbocycles. The third-order valence-corrected chi connectivity index (χ3v) is 5.49. The Bertz CT molecular complexity index is 671. The molecule has 1 aromatic heterocycles. The number of hydrogen-bond donors (Lipinski definition) is 1. The standard InChI is InChI=1S/C10H9ClO3S2/c1-5-3-7(11)4-8-6(2)10(15-9(5)8)16(12,13)14/h3-4H,1-2H3,(H,12,13,14). The van der Waals surface area contributed by atoms with Crippen molar-refractivity contribution < 1.29 is 13.0 Å². The zero-order chi connectivity index (χ0) is 12.1. The van der Waals surface area contributed by atoms with Crippen molar-refractivity contribution in [3.63, 3.8) is 0 Å². The van der Waals surface area contributed by atoms with E-state index in [1.807, 2.05) is 6.92 Å². The van der Waals surface area contributed by atoms with E-state index in [0.717, 1.165) is 27.0 Å². The zero-order valence-electron chi connectivity index (χ0n) is 8.61. The van der Waals surface area contributed by atoms with E-state index in [4.69, 9.17) is 16.2 Å². The van der Waals surface area contributed by atoms with Crippen LogP contribution in [0.5, 0.6) is 0 Å². The first kappa shape index (κ1) is 11.9. The summed E-state index contributed by atoms with van der Waals surface area (Å²) in [5.74, 6) is 0. The number of aryl methyl sites for hydroxylation is 2. The predicted molar refractivity (Wildman–Crippen MR) is 66.1 cm³/mol. The van der Waals surface area contributed by atoms with Gasteiger partial charge in [0.25, 0.3) is 0 Å². The summed E-state index contributed by atoms with van der Waals surface area (Å²) >= 11 is 6.98. The first-order valence-corrected chi connectivity index (χ1v) is 7.11. The van der Waals surface area contributed by atoms with Crippen molar-refractivity contribution in [2.75, 3.05) is 0 Å². The number of rotatable bonds is 1. The highest BCUT2D eigenvalue weighted by atomic mass is 35.5. The molecular formula is C10H9ClO3S2. The molecule has 0 radical (unpaired) electrons. The lowest BCUT2D eigenvalue weighted by atomic mass is 10.1. The van der Waals surface area contributed by atoms with Crippen LogP contribution in [0, 0.1) is 13.8 Å². The van der Waals surface area contributed by atoms with Crippen molar-refractivity contribution in [2.24, 2.45) is 0 Å². The maximum Gasteiger partial charge on any atom is 0.304 e. The van der Waals surface area contributed by atoms with E-state index in [0.29, 0.717) is 10.6 Å². The van der Waals surface area contributed by atoms with Crippen LogP contribution in [0.15, 0.2) is 16.3 Å². The van der Waals surface area contributed by atoms with E-state index in [9.17, 15) is 8.42 Å². The Balaban J connectivity index is 2.94. The van der Waals surface area contributed by atoms with Crippen molar-refractivity contribution in [2.45, 2.75) is 18.1 Å². The Kier molecular flexibility index (Phi) is 2.74. The summed E-state index contributed by atoms with van der Waals surface area (Å²) in [4.78, 5) is 0. The van der Waals surface area contributed by atoms with Crippen LogP contribution < -0.4 is 0 Å². The highest BCUT2D eigenvalue weighted by molar-refractivity contribution is 7.88. The van der Waals surface area contributed by atoms with E-state index in [2.05, 4.69) is 0 Å². The molecule has 0 atom stereocenters. The van der Waals surface area contributed by atoms with Gasteiger partial charge < -0.3 is 0 Å². The Morgan fingerprint density at radius 2 is 1.94 bits per heavy atom. The topological polar surface area (TPSA) is 54.4 Å². The lowest BCUT2D eigenvalue weighted by molar-refractivity contribution is 0.485. The SMILES string of the molecule is Cc1c(S(=O)(=O)O)sc2c(C)cc(Cl)cc12. The molecule has 16 heavy (non-hydrogen) atoms. The van der Waals surface area contributed by atoms with Crippen LogP contribution in [0.1, 0.15) is 11.1 Å². The second-order valence-corrected chi connectivity index (χ2v) is 6.66. The monoisotopic (exact) mass is 276 g/mol. The Hall–Kier alpha value is -0.620. The molecule has 3 nitrogen and oxygen atoms in total. The molecule has 1 aromatic carbocycles. The van der Waals surface area contributed by atoms with Crippen LogP contribution in [0.2, 0.25) is 5.02 Å². The van der Waals surface area contributed by atoms with Gasteiger partial charge >= 0.3 is 10.1 Å². The fourth-order valence-electron chi connectivity index (χ4n) is 1.67. The first-order valence-electron chi connectivity index (χ1n) is 4.47. The summed E-state index contributed by atoms with van der Waals surface area (Å²) in [6.07, 6.45) is 0. The van der Waals surface area contributed by atoms with Crippen molar-refractivity contribution in [1.82, 2.24) is 0 Å². The summed E-state index contributed by atoms with van der Waals surface area (Å²) in [6.45, 7) is 3.52. The van der Waals surface area contributed by atoms with Crippen LogP contribution in [0.25, 0.3) is 10.1 Å². The predicted octanol–water partition coefficient (Wildman–Crippen LogP) is 3.42. The molecule has 2 rings (SSSR count). The van der Waals surface area contributed by atoms with Gasteiger partial charge in [0.15, 0.2) is 4.21 Å². The molecule has 0 saturated heterocycles. The molecule has 0 bridgehead atoms. The second kappa shape index (κ2) is 3.70. The van der Waals surface area contributed by atoms with Crippen LogP contribution in [-0.4, -0.2) is 13.0 Å². The minimum atomic E-state index is -4.15. The van der Waals surface area contributed by atoms with Crippen LogP contribution in [0.3, 0.4) is 0 Å². The minimum absolute atomic E-state index is 0.00660. The lowest BCUT2D eigenvalue weighted by Gasteiger charge is -1.97. The summed E-state index contributed by atoms with van der Waals surface area (Å²) in [5.41, 5.74) is 1.46. The van der Waals surface area contributed by atoms with Crippen molar-refractivity contribution in [1.29, 1.82) is 0 Å². The normalized spacial score (nSPS) is 12.2. The molecule has 0 spiro atoms. The fourth-order valence-corrected chi connectivity index (χ4v) is 4.10. The summed E-state index contributed by atoms with van der Waals surface area (Å²) in [5, 5.41) is 1.34. The molecule has 2 aromatic rings. The molecular weight excluding hydrogens is 268 g/mol. The van der Waals surface area contributed by atoms with Gasteiger partial charge in [-0.2, -0.15) is 8.42 Å². The maximum atomic E-state index is 11.2. The molecule has 0 amide bonds. The number of fused-ring (bicyclic) bond motifs is 1. The quantitative estimate of drug-likeness (QED) is 0.812. The molecule has 6 heteroatoms. The number of halogens is 1. The van der Waals surface area contributed by atoms with Gasteiger partial charge in [-0.05, 0) is 42.5 Å². The largest absolute Gasteiger partial charge is 0.304 e. The van der Waals surface area contributed by atoms with Gasteiger partial charge in [0.2, 0.25) is 0 Å². The molecule has 0 unspecified atom stereocenters. The van der Waals surface area contributed by atoms with E-state index < -0.39 is 10.1 Å². The van der Waals surface area contributed by atoms with Crippen LogP contribution in [0.4, 0.5) is 0 Å². The number of hydrogen-bond acceptors (Lipinski definition) is 3. The summed E-state index contributed by atoms with van der Waals surface area (Å²) in [6, 6.07) is 3.48. The highest BCUT2D eigenvalue weighted by Crippen LogP contribution is 2.37. The molecule has 0 aliphatic heterocycles. The summed E-state index contributed by atoms with van der Waals surface area (Å²) in [7, 11) is -4.15. The molecule has 1 N–H and O–H groups in total. The van der Waals surface area contributed by atoms with Crippen molar-refractivity contribution in [3.8, 4) is 0 Å². The third-order valence-electron chi connectivity index (χ3n) is 2.38. The Labute approximate surface area is 102 Å². The Morgan fingerprint density at radius 1 is 1.31 bits per heavy atom. The van der Waals surface area contributed by atoms with Crippen molar-refractivity contribution >= 4 is 43.1 Å². The number of thiophene rings is 1. The van der Waals surface area contributed by atoms with Gasteiger partial charge in [0.05, 0.1) is 0 Å². The molecule has 1 heterocycles. The van der Waals surface area contributed by atoms with Gasteiger partial charge in [-0.1, -0.05) is 11.6 Å². The van der Waals surface area contributed by atoms with Gasteiger partial charge in [-0.3, -0.25) is 4.55 Å². The van der Waals surface area contributed by atoms with E-state index >= 15 is 0 Å². The highest BCUT2D eigenvalue weighted by Gasteiger charge is 2.20. The fraction of sp³-hybridized carbons (Fsp3) is 0.200. The lowest BCUT2D eigenvalue weighted by Crippen LogP contribution is -1.96. The van der Waals surface area contributed by atoms with Crippen LogP contribution >= 0.6 is 22.9 Å². The molecule has 0 saturated carbocycles. The van der Waals surface area contributed by atoms with Gasteiger partial charge in [-0.25, -0.2) is 0 Å². The van der Waals surface area contributed by atoms with Crippen molar-refractivity contribution in [3.05, 3.63) is 28.3 Å². The van der Waals surface area contributed by atoms with Gasteiger partial charge in [0.1, 0.15) is 0 Å². The summed E-state index contributed by atoms with van der Waals surface area (Å²) < 4.78 is 32.2. The van der Waals surface area contributed by atoms with Gasteiger partial charge in [-0.15, -0.1) is 11.3 Å². The van der Waals surface area contributed by atoms with Gasteiger partial charge in [0, 0.05) is 9.72 Å². The Morgan fingerprint density at radius 3 is 2.50 bits per heavy atom. The zero-order valence-corrected chi connectivity index (χ0v) is 11.0. The number of benzene rings is 1. The average Bonchev–Trinajstić information content (AvgIpc) is 2.43. The van der Waals surface area contributed by atoms with E-state index in [1.54, 1.807) is 19.1 Å². The molecule has 0 aliphatic rings. The first-order chi connectivity index (χ1) is 7.30. The van der Waals surface area contributed by atoms with E-state index in [-0.39, 0.29) is 4.21 Å². The second-order valence-electron chi connectivity index (χ2n) is 3.59. The third kappa shape index (κ3) is 1.84. The van der Waals surface area contributed by atoms with Crippen LogP contribution in [-0.2, 0) is 10.1 Å². The molecule has 86 valence electrons. The maximum absolute atomic E-state index is 11.2. The average molecular weight is 277 g/mol. The minimum Gasteiger partial charge on any atom is -0.281 e. The smallest absolute Gasteiger partial charge is 0.281 e. The van der Waals surface area contributed by atoms with E-state index in [1.165, 1.54) is 0 Å².